The van der Waals surface area contributed by atoms with E-state index in [9.17, 15) is 0 Å². The fraction of sp³-hybridized carbons (Fsp3) is 0.350. The van der Waals surface area contributed by atoms with Crippen molar-refractivity contribution < 1.29 is 4.74 Å². The summed E-state index contributed by atoms with van der Waals surface area (Å²) in [6.07, 6.45) is 7.59. The van der Waals surface area contributed by atoms with Gasteiger partial charge < -0.3 is 15.5 Å². The van der Waals surface area contributed by atoms with Crippen molar-refractivity contribution in [2.45, 2.75) is 32.2 Å². The van der Waals surface area contributed by atoms with Gasteiger partial charge in [0.2, 0.25) is 0 Å². The van der Waals surface area contributed by atoms with Crippen molar-refractivity contribution in [3.05, 3.63) is 48.4 Å². The smallest absolute Gasteiger partial charge is 0.251 e. The third kappa shape index (κ3) is 3.77. The molecule has 0 radical (unpaired) electrons. The van der Waals surface area contributed by atoms with Gasteiger partial charge in [-0.15, -0.1) is 0 Å². The topological polar surface area (TPSA) is 102 Å². The van der Waals surface area contributed by atoms with Gasteiger partial charge in [0.1, 0.15) is 5.82 Å². The second-order valence-electron chi connectivity index (χ2n) is 6.63. The molecule has 1 aliphatic heterocycles. The number of aromatic nitrogens is 5. The summed E-state index contributed by atoms with van der Waals surface area (Å²) in [5, 5.41) is 16.2. The number of hydrogen-bond donors (Lipinski definition) is 2. The Morgan fingerprint density at radius 1 is 1.18 bits per heavy atom. The van der Waals surface area contributed by atoms with Gasteiger partial charge in [0.15, 0.2) is 0 Å². The molecule has 3 aromatic rings. The molecule has 2 N–H and O–H groups in total. The summed E-state index contributed by atoms with van der Waals surface area (Å²) in [6, 6.07) is 7.83. The first-order chi connectivity index (χ1) is 13.8. The lowest BCUT2D eigenvalue weighted by atomic mass is 10.1. The summed E-state index contributed by atoms with van der Waals surface area (Å²) in [5.41, 5.74) is 2.95. The van der Waals surface area contributed by atoms with Crippen molar-refractivity contribution in [2.24, 2.45) is 0 Å². The number of pyridine rings is 1. The molecule has 4 rings (SSSR count). The minimum atomic E-state index is 0.294. The maximum Gasteiger partial charge on any atom is 0.251 e. The van der Waals surface area contributed by atoms with Crippen LogP contribution in [-0.2, 0) is 4.74 Å². The van der Waals surface area contributed by atoms with Crippen molar-refractivity contribution in [2.75, 3.05) is 18.5 Å². The fourth-order valence-electron chi connectivity index (χ4n) is 3.24. The molecule has 0 amide bonds. The Morgan fingerprint density at radius 2 is 1.96 bits per heavy atom. The lowest BCUT2D eigenvalue weighted by Gasteiger charge is -2.25. The molecule has 0 aromatic carbocycles. The molecule has 144 valence electrons. The minimum Gasteiger partial charge on any atom is -0.381 e. The average molecular weight is 377 g/mol. The lowest BCUT2D eigenvalue weighted by Crippen LogP contribution is -2.29. The first-order valence-corrected chi connectivity index (χ1v) is 9.51. The Morgan fingerprint density at radius 3 is 2.71 bits per heavy atom. The Hall–Kier alpha value is -3.13. The van der Waals surface area contributed by atoms with Crippen molar-refractivity contribution in [3.63, 3.8) is 0 Å². The van der Waals surface area contributed by atoms with Crippen LogP contribution in [0.15, 0.2) is 42.9 Å². The molecule has 28 heavy (non-hydrogen) atoms. The largest absolute Gasteiger partial charge is 0.381 e. The van der Waals surface area contributed by atoms with Crippen molar-refractivity contribution in [1.82, 2.24) is 24.7 Å². The highest BCUT2D eigenvalue weighted by molar-refractivity contribution is 6.02. The molecule has 0 unspecified atom stereocenters. The molecule has 4 heterocycles. The van der Waals surface area contributed by atoms with Gasteiger partial charge in [-0.25, -0.2) is 15.0 Å². The highest BCUT2D eigenvalue weighted by Crippen LogP contribution is 2.25. The first kappa shape index (κ1) is 18.2. The monoisotopic (exact) mass is 377 g/mol. The van der Waals surface area contributed by atoms with E-state index in [1.54, 1.807) is 29.3 Å². The molecule has 3 aromatic heterocycles. The second kappa shape index (κ2) is 8.26. The number of rotatable bonds is 6. The molecule has 1 aliphatic rings. The van der Waals surface area contributed by atoms with Crippen LogP contribution in [0.25, 0.3) is 17.3 Å². The van der Waals surface area contributed by atoms with Crippen LogP contribution in [0.3, 0.4) is 0 Å². The summed E-state index contributed by atoms with van der Waals surface area (Å²) in [7, 11) is 0. The highest BCUT2D eigenvalue weighted by atomic mass is 16.5. The van der Waals surface area contributed by atoms with Gasteiger partial charge in [0.05, 0.1) is 17.6 Å². The number of nitrogens with one attached hydrogen (secondary N) is 2. The second-order valence-corrected chi connectivity index (χ2v) is 6.63. The maximum atomic E-state index is 8.32. The summed E-state index contributed by atoms with van der Waals surface area (Å²) >= 11 is 0. The van der Waals surface area contributed by atoms with Gasteiger partial charge in [-0.2, -0.15) is 9.78 Å². The molecule has 1 saturated heterocycles. The molecule has 8 heteroatoms. The quantitative estimate of drug-likeness (QED) is 0.640. The highest BCUT2D eigenvalue weighted by Gasteiger charge is 2.19. The number of hydrogen-bond acceptors (Lipinski definition) is 7. The number of anilines is 1. The van der Waals surface area contributed by atoms with E-state index in [1.165, 1.54) is 0 Å². The van der Waals surface area contributed by atoms with Gasteiger partial charge in [0.25, 0.3) is 5.95 Å². The zero-order valence-electron chi connectivity index (χ0n) is 15.8. The van der Waals surface area contributed by atoms with Crippen LogP contribution in [0, 0.1) is 5.41 Å². The van der Waals surface area contributed by atoms with E-state index >= 15 is 0 Å². The van der Waals surface area contributed by atoms with Crippen LogP contribution in [0.1, 0.15) is 31.7 Å². The van der Waals surface area contributed by atoms with E-state index in [0.717, 1.165) is 48.8 Å². The summed E-state index contributed by atoms with van der Waals surface area (Å²) < 4.78 is 7.13. The third-order valence-corrected chi connectivity index (χ3v) is 4.78. The molecular weight excluding hydrogens is 354 g/mol. The van der Waals surface area contributed by atoms with Crippen LogP contribution >= 0.6 is 0 Å². The van der Waals surface area contributed by atoms with Crippen LogP contribution in [0.5, 0.6) is 0 Å². The third-order valence-electron chi connectivity index (χ3n) is 4.78. The first-order valence-electron chi connectivity index (χ1n) is 9.51. The Labute approximate surface area is 163 Å². The van der Waals surface area contributed by atoms with E-state index < -0.39 is 0 Å². The molecule has 0 aliphatic carbocycles. The van der Waals surface area contributed by atoms with E-state index in [-0.39, 0.29) is 0 Å². The van der Waals surface area contributed by atoms with Gasteiger partial charge >= 0.3 is 0 Å². The predicted octanol–water partition coefficient (Wildman–Crippen LogP) is 3.09. The van der Waals surface area contributed by atoms with Gasteiger partial charge in [-0.1, -0.05) is 6.92 Å². The Kier molecular flexibility index (Phi) is 5.38. The predicted molar refractivity (Wildman–Crippen MR) is 107 cm³/mol. The SMILES string of the molecule is CCC(=N)c1ccc(-c2ccnn2-c2ncccn2)nc1NC1CCOCC1. The zero-order chi connectivity index (χ0) is 19.3. The van der Waals surface area contributed by atoms with Crippen LogP contribution < -0.4 is 5.32 Å². The fourth-order valence-corrected chi connectivity index (χ4v) is 3.24. The van der Waals surface area contributed by atoms with Crippen LogP contribution in [-0.4, -0.2) is 49.7 Å². The molecule has 0 spiro atoms. The molecule has 0 atom stereocenters. The van der Waals surface area contributed by atoms with Gasteiger partial charge in [-0.05, 0) is 43.5 Å². The molecule has 1 fully saturated rings. The van der Waals surface area contributed by atoms with E-state index in [0.29, 0.717) is 24.1 Å². The minimum absolute atomic E-state index is 0.294. The summed E-state index contributed by atoms with van der Waals surface area (Å²) in [6.45, 7) is 3.47. The van der Waals surface area contributed by atoms with Crippen LogP contribution in [0.2, 0.25) is 0 Å². The van der Waals surface area contributed by atoms with Crippen molar-refractivity contribution >= 4 is 11.5 Å². The van der Waals surface area contributed by atoms with Crippen molar-refractivity contribution in [3.8, 4) is 17.3 Å². The summed E-state index contributed by atoms with van der Waals surface area (Å²) in [4.78, 5) is 13.4. The number of ether oxygens (including phenoxy) is 1. The Bertz CT molecular complexity index is 948. The average Bonchev–Trinajstić information content (AvgIpc) is 3.24. The molecule has 0 saturated carbocycles. The number of nitrogens with zero attached hydrogens (tertiary/aromatic N) is 5. The van der Waals surface area contributed by atoms with E-state index in [2.05, 4.69) is 20.4 Å². The normalized spacial score (nSPS) is 14.8. The van der Waals surface area contributed by atoms with E-state index in [1.807, 2.05) is 25.1 Å². The molecular formula is C20H23N7O. The lowest BCUT2D eigenvalue weighted by molar-refractivity contribution is 0.0904. The molecule has 0 bridgehead atoms. The van der Waals surface area contributed by atoms with Crippen molar-refractivity contribution in [1.29, 1.82) is 5.41 Å². The molecule has 8 nitrogen and oxygen atoms in total. The van der Waals surface area contributed by atoms with Crippen LogP contribution in [0.4, 0.5) is 5.82 Å². The van der Waals surface area contributed by atoms with E-state index in [4.69, 9.17) is 15.1 Å². The van der Waals surface area contributed by atoms with Gasteiger partial charge in [-0.3, -0.25) is 0 Å². The Balaban J connectivity index is 1.72. The maximum absolute atomic E-state index is 8.32. The zero-order valence-corrected chi connectivity index (χ0v) is 15.8. The van der Waals surface area contributed by atoms with Gasteiger partial charge in [0, 0.05) is 42.9 Å². The standard InChI is InChI=1S/C20H23N7O/c1-2-16(21)15-4-5-17(26-19(15)25-14-7-12-28-13-8-14)18-6-11-24-27(18)20-22-9-3-10-23-20/h3-6,9-11,14,21H,2,7-8,12-13H2,1H3,(H,25,26). The summed E-state index contributed by atoms with van der Waals surface area (Å²) in [5.74, 6) is 1.23.